The van der Waals surface area contributed by atoms with Gasteiger partial charge in [-0.3, -0.25) is 4.79 Å². The molecule has 0 saturated heterocycles. The van der Waals surface area contributed by atoms with E-state index in [1.807, 2.05) is 6.08 Å². The maximum Gasteiger partial charge on any atom is 2.00 e. The van der Waals surface area contributed by atoms with Crippen LogP contribution in [0.3, 0.4) is 0 Å². The maximum atomic E-state index is 11.7. The smallest absolute Gasteiger partial charge is 0.664 e. The molecule has 0 saturated carbocycles. The second kappa shape index (κ2) is 14.9. The van der Waals surface area contributed by atoms with Crippen LogP contribution in [0.4, 0.5) is 0 Å². The number of hydrogen-bond donors (Lipinski definition) is 0. The Morgan fingerprint density at radius 3 is 1.64 bits per heavy atom. The molecule has 2 aromatic rings. The van der Waals surface area contributed by atoms with E-state index >= 15 is 0 Å². The molecule has 5 heterocycles. The summed E-state index contributed by atoms with van der Waals surface area (Å²) in [6.07, 6.45) is 11.8. The fourth-order valence-corrected chi connectivity index (χ4v) is 7.77. The van der Waals surface area contributed by atoms with Crippen molar-refractivity contribution in [1.29, 1.82) is 0 Å². The van der Waals surface area contributed by atoms with Gasteiger partial charge in [-0.2, -0.15) is 5.69 Å². The topological polar surface area (TPSA) is 71.1 Å². The Hall–Kier alpha value is -3.24. The van der Waals surface area contributed by atoms with Crippen molar-refractivity contribution in [3.05, 3.63) is 75.1 Å². The largest absolute Gasteiger partial charge is 2.00 e. The number of aromatic nitrogens is 4. The Morgan fingerprint density at radius 2 is 1.16 bits per heavy atom. The molecule has 45 heavy (non-hydrogen) atoms. The van der Waals surface area contributed by atoms with E-state index in [9.17, 15) is 4.79 Å². The summed E-state index contributed by atoms with van der Waals surface area (Å²) in [5, 5.41) is 0. The summed E-state index contributed by atoms with van der Waals surface area (Å²) in [4.78, 5) is 33.0. The molecule has 0 aliphatic carbocycles. The van der Waals surface area contributed by atoms with E-state index in [-0.39, 0.29) is 28.3 Å². The van der Waals surface area contributed by atoms with Gasteiger partial charge in [0.2, 0.25) is 0 Å². The number of rotatable bonds is 10. The fraction of sp³-hybridized carbons (Fsp3) is 0.462. The number of hydrogen-bond acceptors (Lipinski definition) is 3. The third-order valence-corrected chi connectivity index (χ3v) is 9.81. The van der Waals surface area contributed by atoms with Crippen molar-refractivity contribution < 1.29 is 21.3 Å². The van der Waals surface area contributed by atoms with Crippen LogP contribution in [0.1, 0.15) is 157 Å². The Morgan fingerprint density at radius 1 is 0.644 bits per heavy atom. The molecule has 0 aromatic carbocycles. The van der Waals surface area contributed by atoms with Gasteiger partial charge in [0.25, 0.3) is 0 Å². The average Bonchev–Trinajstić information content (AvgIpc) is 3.76. The van der Waals surface area contributed by atoms with Crippen molar-refractivity contribution in [1.82, 2.24) is 19.9 Å². The monoisotopic (exact) mass is 646 g/mol. The molecule has 0 fully saturated rings. The fourth-order valence-electron chi connectivity index (χ4n) is 7.77. The van der Waals surface area contributed by atoms with E-state index in [2.05, 4.69) is 73.6 Å². The Bertz CT molecular complexity index is 1730. The number of allylic oxidation sites excluding steroid dienone is 5. The van der Waals surface area contributed by atoms with Crippen LogP contribution in [0.5, 0.6) is 0 Å². The van der Waals surface area contributed by atoms with Crippen molar-refractivity contribution in [2.24, 2.45) is 0 Å². The molecule has 8 bridgehead atoms. The van der Waals surface area contributed by atoms with Gasteiger partial charge < -0.3 is 9.97 Å². The number of aryl methyl sites for hydroxylation is 2. The third-order valence-electron chi connectivity index (χ3n) is 9.81. The van der Waals surface area contributed by atoms with Crippen molar-refractivity contribution in [2.45, 2.75) is 119 Å². The minimum atomic E-state index is 0. The molecular formula is C39H48N4NiO. The Labute approximate surface area is 279 Å². The van der Waals surface area contributed by atoms with Crippen molar-refractivity contribution in [2.75, 3.05) is 0 Å². The van der Waals surface area contributed by atoms with Gasteiger partial charge in [-0.1, -0.05) is 104 Å². The summed E-state index contributed by atoms with van der Waals surface area (Å²) >= 11 is 0. The molecule has 0 amide bonds. The van der Waals surface area contributed by atoms with Crippen molar-refractivity contribution in [3.63, 3.8) is 0 Å². The van der Waals surface area contributed by atoms with Crippen LogP contribution >= 0.6 is 0 Å². The van der Waals surface area contributed by atoms with Gasteiger partial charge in [-0.25, -0.2) is 9.97 Å². The van der Waals surface area contributed by atoms with Crippen LogP contribution in [0, 0.1) is 0 Å². The molecule has 6 heteroatoms. The minimum absolute atomic E-state index is 0. The molecule has 0 N–H and O–H groups in total. The molecule has 2 aromatic heterocycles. The predicted molar refractivity (Wildman–Crippen MR) is 185 cm³/mol. The van der Waals surface area contributed by atoms with Crippen LogP contribution in [0.15, 0.2) is 24.3 Å². The second-order valence-electron chi connectivity index (χ2n) is 11.9. The summed E-state index contributed by atoms with van der Waals surface area (Å²) in [7, 11) is 0. The van der Waals surface area contributed by atoms with Crippen LogP contribution in [0.2, 0.25) is 0 Å². The maximum absolute atomic E-state index is 11.7. The summed E-state index contributed by atoms with van der Waals surface area (Å²) < 4.78 is 0. The first-order valence-corrected chi connectivity index (χ1v) is 17.0. The molecule has 5 nitrogen and oxygen atoms in total. The van der Waals surface area contributed by atoms with E-state index in [0.29, 0.717) is 0 Å². The van der Waals surface area contributed by atoms with Crippen molar-refractivity contribution in [3.8, 4) is 0 Å². The van der Waals surface area contributed by atoms with Gasteiger partial charge in [0.05, 0.1) is 22.8 Å². The van der Waals surface area contributed by atoms with Crippen molar-refractivity contribution >= 4 is 45.7 Å². The van der Waals surface area contributed by atoms with Gasteiger partial charge in [0, 0.05) is 0 Å². The number of carbonyl (C=O) groups is 1. The van der Waals surface area contributed by atoms with E-state index in [1.54, 1.807) is 6.08 Å². The molecule has 5 rings (SSSR count). The first kappa shape index (κ1) is 34.6. The third kappa shape index (κ3) is 6.03. The second-order valence-corrected chi connectivity index (χ2v) is 11.9. The summed E-state index contributed by atoms with van der Waals surface area (Å²) in [5.74, 6) is 0.514. The van der Waals surface area contributed by atoms with Crippen LogP contribution in [-0.4, -0.2) is 16.3 Å². The number of fused-ring (bicyclic) bond motifs is 8. The van der Waals surface area contributed by atoms with Crippen LogP contribution < -0.4 is 9.97 Å². The van der Waals surface area contributed by atoms with E-state index in [1.165, 1.54) is 33.4 Å². The van der Waals surface area contributed by atoms with Gasteiger partial charge in [0.15, 0.2) is 0 Å². The number of nitrogens with zero attached hydrogens (tertiary/aromatic N) is 4. The molecule has 0 unspecified atom stereocenters. The van der Waals surface area contributed by atoms with Gasteiger partial charge >= 0.3 is 16.5 Å². The zero-order valence-electron chi connectivity index (χ0n) is 28.3. The first-order valence-electron chi connectivity index (χ1n) is 17.0. The SMILES string of the molecule is CCC1=C(CC)c2cc3[n-]c(cc4nc(c(/C=C/C=O)c5[n-]c(cc1n2)[C@@H](CC)[C@@H]5CC)C(CC)=C4CC)c(CC)c3CC.[Ni+2]. The first-order chi connectivity index (χ1) is 21.4. The van der Waals surface area contributed by atoms with Crippen LogP contribution in [0.25, 0.3) is 39.4 Å². The quantitative estimate of drug-likeness (QED) is 0.146. The number of aldehydes is 1. The van der Waals surface area contributed by atoms with Gasteiger partial charge in [-0.15, -0.1) is 16.7 Å². The zero-order chi connectivity index (χ0) is 31.5. The predicted octanol–water partition coefficient (Wildman–Crippen LogP) is 9.78. The average molecular weight is 648 g/mol. The molecule has 0 radical (unpaired) electrons. The zero-order valence-corrected chi connectivity index (χ0v) is 29.3. The van der Waals surface area contributed by atoms with E-state index in [0.717, 1.165) is 108 Å². The normalized spacial score (nSPS) is 17.2. The minimum Gasteiger partial charge on any atom is -0.664 e. The summed E-state index contributed by atoms with van der Waals surface area (Å²) in [5.41, 5.74) is 16.8. The Balaban J connectivity index is 0.00000461. The van der Waals surface area contributed by atoms with E-state index in [4.69, 9.17) is 19.9 Å². The van der Waals surface area contributed by atoms with E-state index < -0.39 is 0 Å². The van der Waals surface area contributed by atoms with Gasteiger partial charge in [0.1, 0.15) is 6.29 Å². The van der Waals surface area contributed by atoms with Crippen LogP contribution in [-0.2, 0) is 34.1 Å². The molecule has 240 valence electrons. The van der Waals surface area contributed by atoms with Gasteiger partial charge in [-0.05, 0) is 84.3 Å². The summed E-state index contributed by atoms with van der Waals surface area (Å²) in [6.45, 7) is 17.8. The number of carbonyl (C=O) groups excluding carboxylic acids is 1. The molecule has 2 atom stereocenters. The molecule has 3 aliphatic heterocycles. The molecule has 3 aliphatic rings. The standard InChI is InChI=1S/C39H49N4O.Ni/c1-9-23-25(11-3)34-21-36-27(13-5)29(15-7)38(42-36)31(18-17-19-44)39-30(16-8)28(14-6)37(43-39)22-35-26(12-4)24(10-2)33(41-35)20-32(23)40-34;/h17-22,27,29H,9-16H2,1-8H3,(H-,40,41,42,43,44);/q-1;+2/p-1/t27-,29-;/m0./s1. The Kier molecular flexibility index (Phi) is 11.5. The summed E-state index contributed by atoms with van der Waals surface area (Å²) in [6, 6.07) is 6.69. The molecular weight excluding hydrogens is 599 g/mol. The molecule has 0 spiro atoms.